The van der Waals surface area contributed by atoms with Gasteiger partial charge in [-0.2, -0.15) is 0 Å². The molecule has 0 bridgehead atoms. The molecule has 0 heterocycles. The van der Waals surface area contributed by atoms with E-state index >= 15 is 0 Å². The van der Waals surface area contributed by atoms with Gasteiger partial charge in [-0.1, -0.05) is 18.2 Å². The first-order valence-electron chi connectivity index (χ1n) is 6.54. The van der Waals surface area contributed by atoms with Crippen LogP contribution in [0.25, 0.3) is 0 Å². The smallest absolute Gasteiger partial charge is 0.160 e. The summed E-state index contributed by atoms with van der Waals surface area (Å²) in [5, 5.41) is 3.33. The monoisotopic (exact) mass is 272 g/mol. The summed E-state index contributed by atoms with van der Waals surface area (Å²) in [5.41, 5.74) is 8.80. The van der Waals surface area contributed by atoms with Crippen molar-refractivity contribution in [2.24, 2.45) is 0 Å². The molecule has 4 nitrogen and oxygen atoms in total. The minimum absolute atomic E-state index is 0.747. The summed E-state index contributed by atoms with van der Waals surface area (Å²) < 4.78 is 10.5. The molecule has 2 rings (SSSR count). The van der Waals surface area contributed by atoms with Crippen molar-refractivity contribution < 1.29 is 9.47 Å². The van der Waals surface area contributed by atoms with E-state index in [0.717, 1.165) is 35.8 Å². The van der Waals surface area contributed by atoms with Crippen molar-refractivity contribution in [3.63, 3.8) is 0 Å². The molecule has 0 atom stereocenters. The molecule has 0 fully saturated rings. The Morgan fingerprint density at radius 1 is 1.00 bits per heavy atom. The van der Waals surface area contributed by atoms with Gasteiger partial charge in [0, 0.05) is 6.54 Å². The molecule has 2 aromatic rings. The van der Waals surface area contributed by atoms with E-state index in [-0.39, 0.29) is 0 Å². The van der Waals surface area contributed by atoms with Crippen molar-refractivity contribution >= 4 is 11.4 Å². The maximum atomic E-state index is 5.88. The number of anilines is 2. The van der Waals surface area contributed by atoms with Crippen LogP contribution in [0, 0.1) is 0 Å². The molecule has 0 aliphatic heterocycles. The first kappa shape index (κ1) is 14.1. The van der Waals surface area contributed by atoms with Crippen molar-refractivity contribution in [2.45, 2.75) is 6.42 Å². The molecule has 3 N–H and O–H groups in total. The number of nitrogens with one attached hydrogen (secondary N) is 1. The van der Waals surface area contributed by atoms with E-state index in [1.54, 1.807) is 14.2 Å². The highest BCUT2D eigenvalue weighted by molar-refractivity contribution is 5.65. The number of methoxy groups -OCH3 is 2. The third-order valence-corrected chi connectivity index (χ3v) is 3.14. The zero-order valence-corrected chi connectivity index (χ0v) is 11.8. The lowest BCUT2D eigenvalue weighted by Crippen LogP contribution is -2.07. The molecular formula is C16H20N2O2. The Kier molecular flexibility index (Phi) is 4.71. The van der Waals surface area contributed by atoms with E-state index in [9.17, 15) is 0 Å². The molecule has 0 saturated heterocycles. The van der Waals surface area contributed by atoms with Crippen LogP contribution in [0.15, 0.2) is 42.5 Å². The van der Waals surface area contributed by atoms with E-state index in [4.69, 9.17) is 15.2 Å². The second-order valence-corrected chi connectivity index (χ2v) is 4.45. The van der Waals surface area contributed by atoms with Crippen LogP contribution in [0.5, 0.6) is 11.5 Å². The molecule has 0 radical (unpaired) electrons. The maximum absolute atomic E-state index is 5.88. The van der Waals surface area contributed by atoms with Gasteiger partial charge in [-0.05, 0) is 36.2 Å². The first-order valence-corrected chi connectivity index (χ1v) is 6.54. The summed E-state index contributed by atoms with van der Waals surface area (Å²) >= 11 is 0. The van der Waals surface area contributed by atoms with E-state index in [2.05, 4.69) is 5.32 Å². The normalized spacial score (nSPS) is 10.1. The lowest BCUT2D eigenvalue weighted by Gasteiger charge is -2.11. The van der Waals surface area contributed by atoms with Crippen LogP contribution in [-0.2, 0) is 6.42 Å². The fourth-order valence-electron chi connectivity index (χ4n) is 2.04. The predicted molar refractivity (Wildman–Crippen MR) is 82.6 cm³/mol. The standard InChI is InChI=1S/C16H20N2O2/c1-19-15-8-7-12(11-16(15)20-2)9-10-18-14-6-4-3-5-13(14)17/h3-8,11,18H,9-10,17H2,1-2H3. The Morgan fingerprint density at radius 2 is 1.75 bits per heavy atom. The molecule has 0 amide bonds. The number of rotatable bonds is 6. The summed E-state index contributed by atoms with van der Waals surface area (Å²) in [4.78, 5) is 0. The number of para-hydroxylation sites is 2. The number of benzene rings is 2. The van der Waals surface area contributed by atoms with Crippen LogP contribution in [-0.4, -0.2) is 20.8 Å². The molecule has 0 saturated carbocycles. The minimum atomic E-state index is 0.747. The lowest BCUT2D eigenvalue weighted by molar-refractivity contribution is 0.354. The maximum Gasteiger partial charge on any atom is 0.160 e. The van der Waals surface area contributed by atoms with Gasteiger partial charge < -0.3 is 20.5 Å². The fourth-order valence-corrected chi connectivity index (χ4v) is 2.04. The zero-order valence-electron chi connectivity index (χ0n) is 11.8. The number of nitrogen functional groups attached to an aromatic ring is 1. The Bertz CT molecular complexity index is 570. The van der Waals surface area contributed by atoms with Crippen LogP contribution in [0.1, 0.15) is 5.56 Å². The molecule has 4 heteroatoms. The molecular weight excluding hydrogens is 252 g/mol. The third kappa shape index (κ3) is 3.35. The number of hydrogen-bond donors (Lipinski definition) is 2. The van der Waals surface area contributed by atoms with Crippen molar-refractivity contribution in [3.05, 3.63) is 48.0 Å². The van der Waals surface area contributed by atoms with Crippen LogP contribution < -0.4 is 20.5 Å². The molecule has 20 heavy (non-hydrogen) atoms. The van der Waals surface area contributed by atoms with Crippen molar-refractivity contribution in [3.8, 4) is 11.5 Å². The Hall–Kier alpha value is -2.36. The van der Waals surface area contributed by atoms with E-state index < -0.39 is 0 Å². The molecule has 0 unspecified atom stereocenters. The SMILES string of the molecule is COc1ccc(CCNc2ccccc2N)cc1OC. The van der Waals surface area contributed by atoms with Gasteiger partial charge in [0.1, 0.15) is 0 Å². The third-order valence-electron chi connectivity index (χ3n) is 3.14. The van der Waals surface area contributed by atoms with Gasteiger partial charge in [0.25, 0.3) is 0 Å². The van der Waals surface area contributed by atoms with Crippen LogP contribution in [0.4, 0.5) is 11.4 Å². The lowest BCUT2D eigenvalue weighted by atomic mass is 10.1. The highest BCUT2D eigenvalue weighted by atomic mass is 16.5. The van der Waals surface area contributed by atoms with Gasteiger partial charge in [0.2, 0.25) is 0 Å². The van der Waals surface area contributed by atoms with Gasteiger partial charge in [0.15, 0.2) is 11.5 Å². The highest BCUT2D eigenvalue weighted by Gasteiger charge is 2.04. The molecule has 0 aromatic heterocycles. The summed E-state index contributed by atoms with van der Waals surface area (Å²) in [7, 11) is 3.28. The minimum Gasteiger partial charge on any atom is -0.493 e. The first-order chi connectivity index (χ1) is 9.74. The van der Waals surface area contributed by atoms with E-state index in [0.29, 0.717) is 0 Å². The second-order valence-electron chi connectivity index (χ2n) is 4.45. The Morgan fingerprint density at radius 3 is 2.45 bits per heavy atom. The van der Waals surface area contributed by atoms with Crippen LogP contribution in [0.3, 0.4) is 0 Å². The van der Waals surface area contributed by atoms with Gasteiger partial charge in [-0.15, -0.1) is 0 Å². The predicted octanol–water partition coefficient (Wildman–Crippen LogP) is 2.94. The molecule has 0 spiro atoms. The van der Waals surface area contributed by atoms with Gasteiger partial charge in [-0.25, -0.2) is 0 Å². The fraction of sp³-hybridized carbons (Fsp3) is 0.250. The second kappa shape index (κ2) is 6.70. The number of hydrogen-bond acceptors (Lipinski definition) is 4. The van der Waals surface area contributed by atoms with Crippen molar-refractivity contribution in [1.29, 1.82) is 0 Å². The van der Waals surface area contributed by atoms with Crippen LogP contribution >= 0.6 is 0 Å². The van der Waals surface area contributed by atoms with Gasteiger partial charge in [0.05, 0.1) is 25.6 Å². The Labute approximate surface area is 119 Å². The van der Waals surface area contributed by atoms with Gasteiger partial charge >= 0.3 is 0 Å². The van der Waals surface area contributed by atoms with Crippen molar-refractivity contribution in [1.82, 2.24) is 0 Å². The molecule has 2 aromatic carbocycles. The number of nitrogens with two attached hydrogens (primary N) is 1. The van der Waals surface area contributed by atoms with Crippen molar-refractivity contribution in [2.75, 3.05) is 31.8 Å². The quantitative estimate of drug-likeness (QED) is 0.794. The average Bonchev–Trinajstić information content (AvgIpc) is 2.49. The summed E-state index contributed by atoms with van der Waals surface area (Å²) in [5.74, 6) is 1.50. The highest BCUT2D eigenvalue weighted by Crippen LogP contribution is 2.27. The van der Waals surface area contributed by atoms with Gasteiger partial charge in [-0.3, -0.25) is 0 Å². The number of ether oxygens (including phenoxy) is 2. The summed E-state index contributed by atoms with van der Waals surface area (Å²) in [6.07, 6.45) is 0.884. The molecule has 0 aliphatic rings. The average molecular weight is 272 g/mol. The topological polar surface area (TPSA) is 56.5 Å². The summed E-state index contributed by atoms with van der Waals surface area (Å²) in [6, 6.07) is 13.7. The van der Waals surface area contributed by atoms with E-state index in [1.165, 1.54) is 5.56 Å². The summed E-state index contributed by atoms with van der Waals surface area (Å²) in [6.45, 7) is 0.809. The largest absolute Gasteiger partial charge is 0.493 e. The molecule has 0 aliphatic carbocycles. The van der Waals surface area contributed by atoms with E-state index in [1.807, 2.05) is 42.5 Å². The zero-order chi connectivity index (χ0) is 14.4. The molecule has 106 valence electrons. The van der Waals surface area contributed by atoms with Crippen LogP contribution in [0.2, 0.25) is 0 Å². The Balaban J connectivity index is 1.96.